The number of aliphatic hydroxyl groups is 1. The van der Waals surface area contributed by atoms with Crippen molar-refractivity contribution in [1.82, 2.24) is 0 Å². The lowest BCUT2D eigenvalue weighted by Gasteiger charge is -2.45. The van der Waals surface area contributed by atoms with E-state index in [1.165, 1.54) is 56.9 Å². The molecule has 2 heteroatoms. The van der Waals surface area contributed by atoms with Gasteiger partial charge in [-0.25, -0.2) is 0 Å². The molecule has 0 aromatic carbocycles. The number of hydrogen-bond donors (Lipinski definition) is 1. The predicted octanol–water partition coefficient (Wildman–Crippen LogP) is 5.18. The molecule has 2 unspecified atom stereocenters. The van der Waals surface area contributed by atoms with Crippen molar-refractivity contribution in [2.24, 2.45) is 11.8 Å². The lowest BCUT2D eigenvalue weighted by Crippen LogP contribution is -2.45. The molecule has 0 spiro atoms. The molecule has 1 nitrogen and oxygen atoms in total. The largest absolute Gasteiger partial charge is 0.390 e. The van der Waals surface area contributed by atoms with Gasteiger partial charge in [-0.15, -0.1) is 0 Å². The van der Waals surface area contributed by atoms with Crippen LogP contribution in [0.15, 0.2) is 16.8 Å². The van der Waals surface area contributed by atoms with Crippen LogP contribution in [0.1, 0.15) is 69.8 Å². The van der Waals surface area contributed by atoms with E-state index in [2.05, 4.69) is 16.8 Å². The Bertz CT molecular complexity index is 394. The molecule has 1 heterocycles. The maximum absolute atomic E-state index is 11.3. The van der Waals surface area contributed by atoms with E-state index in [0.717, 1.165) is 25.2 Å². The van der Waals surface area contributed by atoms with Gasteiger partial charge < -0.3 is 5.11 Å². The highest BCUT2D eigenvalue weighted by Gasteiger charge is 2.42. The third-order valence-corrected chi connectivity index (χ3v) is 6.44. The van der Waals surface area contributed by atoms with Gasteiger partial charge in [-0.1, -0.05) is 44.9 Å². The number of rotatable bonds is 4. The fraction of sp³-hybridized carbons (Fsp3) is 0.778. The average molecular weight is 292 g/mol. The molecule has 2 aliphatic rings. The topological polar surface area (TPSA) is 20.2 Å². The van der Waals surface area contributed by atoms with E-state index >= 15 is 0 Å². The molecular weight excluding hydrogens is 264 g/mol. The zero-order valence-corrected chi connectivity index (χ0v) is 13.3. The molecule has 0 amide bonds. The Balaban J connectivity index is 1.66. The summed E-state index contributed by atoms with van der Waals surface area (Å²) in [5, 5.41) is 15.7. The standard InChI is InChI=1S/C18H28OS/c19-18(12-9-15-10-13-20-14-15)11-5-4-8-17(18)16-6-2-1-3-7-16/h10,13-14,16-17,19H,1-9,11-12H2. The second kappa shape index (κ2) is 6.62. The average Bonchev–Trinajstić information content (AvgIpc) is 3.00. The monoisotopic (exact) mass is 292 g/mol. The molecule has 0 radical (unpaired) electrons. The van der Waals surface area contributed by atoms with Crippen LogP contribution in [0.5, 0.6) is 0 Å². The molecule has 20 heavy (non-hydrogen) atoms. The molecule has 2 fully saturated rings. The smallest absolute Gasteiger partial charge is 0.0681 e. The Kier molecular flexibility index (Phi) is 4.83. The van der Waals surface area contributed by atoms with Crippen LogP contribution in [0.3, 0.4) is 0 Å². The third kappa shape index (κ3) is 3.28. The van der Waals surface area contributed by atoms with Crippen LogP contribution in [0, 0.1) is 11.8 Å². The lowest BCUT2D eigenvalue weighted by molar-refractivity contribution is -0.0825. The van der Waals surface area contributed by atoms with Gasteiger partial charge in [0.1, 0.15) is 0 Å². The SMILES string of the molecule is OC1(CCc2ccsc2)CCCCC1C1CCCCC1. The van der Waals surface area contributed by atoms with Crippen LogP contribution in [0.4, 0.5) is 0 Å². The molecule has 1 aromatic heterocycles. The highest BCUT2D eigenvalue weighted by Crippen LogP contribution is 2.45. The zero-order chi connectivity index (χ0) is 13.8. The molecule has 112 valence electrons. The molecule has 0 aliphatic heterocycles. The van der Waals surface area contributed by atoms with Crippen molar-refractivity contribution in [3.05, 3.63) is 22.4 Å². The summed E-state index contributed by atoms with van der Waals surface area (Å²) >= 11 is 1.77. The normalized spacial score (nSPS) is 32.4. The molecule has 2 aliphatic carbocycles. The lowest BCUT2D eigenvalue weighted by atomic mass is 9.64. The molecule has 1 aromatic rings. The van der Waals surface area contributed by atoms with Gasteiger partial charge >= 0.3 is 0 Å². The third-order valence-electron chi connectivity index (χ3n) is 5.71. The minimum absolute atomic E-state index is 0.373. The number of aryl methyl sites for hydroxylation is 1. The molecule has 2 atom stereocenters. The van der Waals surface area contributed by atoms with Crippen LogP contribution in [0.2, 0.25) is 0 Å². The first-order valence-electron chi connectivity index (χ1n) is 8.51. The molecule has 1 N–H and O–H groups in total. The Hall–Kier alpha value is -0.340. The van der Waals surface area contributed by atoms with Crippen molar-refractivity contribution in [1.29, 1.82) is 0 Å². The Morgan fingerprint density at radius 2 is 1.90 bits per heavy atom. The van der Waals surface area contributed by atoms with Crippen molar-refractivity contribution >= 4 is 11.3 Å². The molecular formula is C18H28OS. The Morgan fingerprint density at radius 1 is 1.10 bits per heavy atom. The maximum atomic E-state index is 11.3. The van der Waals surface area contributed by atoms with Gasteiger partial charge in [0.05, 0.1) is 5.60 Å². The van der Waals surface area contributed by atoms with E-state index in [4.69, 9.17) is 0 Å². The van der Waals surface area contributed by atoms with E-state index in [0.29, 0.717) is 5.92 Å². The minimum Gasteiger partial charge on any atom is -0.390 e. The van der Waals surface area contributed by atoms with Crippen molar-refractivity contribution in [3.8, 4) is 0 Å². The van der Waals surface area contributed by atoms with Crippen LogP contribution in [0.25, 0.3) is 0 Å². The number of hydrogen-bond acceptors (Lipinski definition) is 2. The molecule has 3 rings (SSSR count). The van der Waals surface area contributed by atoms with E-state index in [9.17, 15) is 5.11 Å². The predicted molar refractivity (Wildman–Crippen MR) is 86.1 cm³/mol. The maximum Gasteiger partial charge on any atom is 0.0681 e. The second-order valence-electron chi connectivity index (χ2n) is 6.99. The van der Waals surface area contributed by atoms with Gasteiger partial charge in [-0.2, -0.15) is 11.3 Å². The first-order valence-corrected chi connectivity index (χ1v) is 9.46. The fourth-order valence-corrected chi connectivity index (χ4v) is 5.27. The van der Waals surface area contributed by atoms with Crippen molar-refractivity contribution in [2.45, 2.75) is 76.2 Å². The summed E-state index contributed by atoms with van der Waals surface area (Å²) in [6, 6.07) is 2.21. The summed E-state index contributed by atoms with van der Waals surface area (Å²) in [5.41, 5.74) is 1.04. The van der Waals surface area contributed by atoms with Gasteiger partial charge in [0.15, 0.2) is 0 Å². The molecule has 2 saturated carbocycles. The summed E-state index contributed by atoms with van der Waals surface area (Å²) in [6.07, 6.45) is 13.8. The van der Waals surface area contributed by atoms with Crippen LogP contribution in [-0.4, -0.2) is 10.7 Å². The van der Waals surface area contributed by atoms with Gasteiger partial charge in [0.2, 0.25) is 0 Å². The summed E-state index contributed by atoms with van der Waals surface area (Å²) in [6.45, 7) is 0. The van der Waals surface area contributed by atoms with Crippen molar-refractivity contribution in [2.75, 3.05) is 0 Å². The van der Waals surface area contributed by atoms with Crippen LogP contribution >= 0.6 is 11.3 Å². The van der Waals surface area contributed by atoms with Crippen molar-refractivity contribution < 1.29 is 5.11 Å². The van der Waals surface area contributed by atoms with Gasteiger partial charge in [-0.05, 0) is 59.9 Å². The van der Waals surface area contributed by atoms with Crippen LogP contribution in [-0.2, 0) is 6.42 Å². The van der Waals surface area contributed by atoms with E-state index in [1.54, 1.807) is 11.3 Å². The fourth-order valence-electron chi connectivity index (χ4n) is 4.57. The van der Waals surface area contributed by atoms with Gasteiger partial charge in [-0.3, -0.25) is 0 Å². The summed E-state index contributed by atoms with van der Waals surface area (Å²) in [7, 11) is 0. The van der Waals surface area contributed by atoms with Crippen LogP contribution < -0.4 is 0 Å². The van der Waals surface area contributed by atoms with E-state index in [-0.39, 0.29) is 5.60 Å². The summed E-state index contributed by atoms with van der Waals surface area (Å²) in [4.78, 5) is 0. The molecule has 0 saturated heterocycles. The Morgan fingerprint density at radius 3 is 2.65 bits per heavy atom. The Labute approximate surface area is 127 Å². The first kappa shape index (κ1) is 14.6. The van der Waals surface area contributed by atoms with Crippen molar-refractivity contribution in [3.63, 3.8) is 0 Å². The minimum atomic E-state index is -0.373. The van der Waals surface area contributed by atoms with E-state index in [1.807, 2.05) is 0 Å². The second-order valence-corrected chi connectivity index (χ2v) is 7.77. The van der Waals surface area contributed by atoms with Gasteiger partial charge in [0, 0.05) is 0 Å². The summed E-state index contributed by atoms with van der Waals surface area (Å²) in [5.74, 6) is 1.38. The number of thiophene rings is 1. The first-order chi connectivity index (χ1) is 9.78. The van der Waals surface area contributed by atoms with Gasteiger partial charge in [0.25, 0.3) is 0 Å². The highest BCUT2D eigenvalue weighted by molar-refractivity contribution is 7.07. The molecule has 0 bridgehead atoms. The zero-order valence-electron chi connectivity index (χ0n) is 12.5. The van der Waals surface area contributed by atoms with E-state index < -0.39 is 0 Å². The summed E-state index contributed by atoms with van der Waals surface area (Å²) < 4.78 is 0. The quantitative estimate of drug-likeness (QED) is 0.810. The highest BCUT2D eigenvalue weighted by atomic mass is 32.1.